The minimum Gasteiger partial charge on any atom is -0.493 e. The van der Waals surface area contributed by atoms with Crippen LogP contribution in [-0.4, -0.2) is 13.2 Å². The summed E-state index contributed by atoms with van der Waals surface area (Å²) in [7, 11) is 1.53. The van der Waals surface area contributed by atoms with Gasteiger partial charge in [0.15, 0.2) is 17.6 Å². The van der Waals surface area contributed by atoms with Gasteiger partial charge in [0.2, 0.25) is 0 Å². The molecule has 0 bridgehead atoms. The fraction of sp³-hybridized carbons (Fsp3) is 0.312. The molecule has 21 heavy (non-hydrogen) atoms. The number of nitrogens with zero attached hydrogens (tertiary/aromatic N) is 1. The van der Waals surface area contributed by atoms with Gasteiger partial charge in [-0.2, -0.15) is 5.26 Å². The predicted octanol–water partition coefficient (Wildman–Crippen LogP) is 2.94. The Morgan fingerprint density at radius 3 is 2.52 bits per heavy atom. The van der Waals surface area contributed by atoms with E-state index in [0.29, 0.717) is 22.8 Å². The molecule has 2 rings (SSSR count). The van der Waals surface area contributed by atoms with Gasteiger partial charge in [-0.1, -0.05) is 0 Å². The molecular weight excluding hydrogens is 268 g/mol. The molecule has 2 atom stereocenters. The van der Waals surface area contributed by atoms with Crippen LogP contribution in [0.1, 0.15) is 30.1 Å². The van der Waals surface area contributed by atoms with E-state index in [-0.39, 0.29) is 6.04 Å². The van der Waals surface area contributed by atoms with Gasteiger partial charge in [0, 0.05) is 12.1 Å². The van der Waals surface area contributed by atoms with Crippen molar-refractivity contribution in [2.24, 2.45) is 5.73 Å². The fourth-order valence-corrected chi connectivity index (χ4v) is 2.00. The van der Waals surface area contributed by atoms with Crippen LogP contribution in [0.3, 0.4) is 0 Å². The van der Waals surface area contributed by atoms with Crippen molar-refractivity contribution >= 4 is 0 Å². The maximum Gasteiger partial charge on any atom is 0.171 e. The van der Waals surface area contributed by atoms with E-state index in [2.05, 4.69) is 6.07 Å². The molecule has 2 aromatic rings. The summed E-state index contributed by atoms with van der Waals surface area (Å²) in [4.78, 5) is 0. The number of ether oxygens (including phenoxy) is 2. The number of aryl methyl sites for hydroxylation is 1. The van der Waals surface area contributed by atoms with Gasteiger partial charge in [0.05, 0.1) is 18.7 Å². The Hall–Kier alpha value is -2.45. The van der Waals surface area contributed by atoms with Crippen LogP contribution in [-0.2, 0) is 0 Å². The predicted molar refractivity (Wildman–Crippen MR) is 78.2 cm³/mol. The van der Waals surface area contributed by atoms with Crippen molar-refractivity contribution in [3.8, 4) is 17.6 Å². The molecule has 0 aliphatic heterocycles. The van der Waals surface area contributed by atoms with E-state index in [1.165, 1.54) is 7.11 Å². The van der Waals surface area contributed by atoms with Gasteiger partial charge >= 0.3 is 0 Å². The quantitative estimate of drug-likeness (QED) is 0.913. The Bertz CT molecular complexity index is 656. The highest BCUT2D eigenvalue weighted by Gasteiger charge is 2.23. The van der Waals surface area contributed by atoms with Crippen molar-refractivity contribution in [3.05, 3.63) is 47.4 Å². The number of methoxy groups -OCH3 is 1. The van der Waals surface area contributed by atoms with E-state index in [1.807, 2.05) is 26.0 Å². The second-order valence-corrected chi connectivity index (χ2v) is 4.82. The lowest BCUT2D eigenvalue weighted by Gasteiger charge is -2.21. The maximum absolute atomic E-state index is 8.92. The average Bonchev–Trinajstić information content (AvgIpc) is 2.90. The first-order valence-corrected chi connectivity index (χ1v) is 6.62. The molecule has 2 N–H and O–H groups in total. The van der Waals surface area contributed by atoms with Crippen molar-refractivity contribution in [1.82, 2.24) is 0 Å². The Balaban J connectivity index is 2.31. The van der Waals surface area contributed by atoms with Crippen molar-refractivity contribution in [2.75, 3.05) is 7.11 Å². The zero-order chi connectivity index (χ0) is 15.4. The summed E-state index contributed by atoms with van der Waals surface area (Å²) >= 11 is 0. The fourth-order valence-electron chi connectivity index (χ4n) is 2.00. The number of hydrogen-bond donors (Lipinski definition) is 1. The molecule has 0 radical (unpaired) electrons. The summed E-state index contributed by atoms with van der Waals surface area (Å²) < 4.78 is 16.8. The molecular formula is C16H18N2O3. The van der Waals surface area contributed by atoms with Crippen LogP contribution in [0.15, 0.2) is 34.7 Å². The Kier molecular flexibility index (Phi) is 4.51. The SMILES string of the molecule is COc1cc(C#N)ccc1OC(c1ccc(C)o1)C(C)N. The van der Waals surface area contributed by atoms with Crippen molar-refractivity contribution < 1.29 is 13.9 Å². The largest absolute Gasteiger partial charge is 0.493 e. The zero-order valence-electron chi connectivity index (χ0n) is 12.3. The van der Waals surface area contributed by atoms with E-state index in [0.717, 1.165) is 5.76 Å². The highest BCUT2D eigenvalue weighted by Crippen LogP contribution is 2.33. The van der Waals surface area contributed by atoms with Gasteiger partial charge in [0.25, 0.3) is 0 Å². The van der Waals surface area contributed by atoms with Gasteiger partial charge in [0.1, 0.15) is 11.5 Å². The summed E-state index contributed by atoms with van der Waals surface area (Å²) in [5.41, 5.74) is 6.50. The third-order valence-electron chi connectivity index (χ3n) is 3.07. The topological polar surface area (TPSA) is 81.4 Å². The first kappa shape index (κ1) is 14.9. The first-order chi connectivity index (χ1) is 10.0. The highest BCUT2D eigenvalue weighted by molar-refractivity contribution is 5.47. The van der Waals surface area contributed by atoms with Gasteiger partial charge < -0.3 is 19.6 Å². The molecule has 5 nitrogen and oxygen atoms in total. The summed E-state index contributed by atoms with van der Waals surface area (Å²) in [6.45, 7) is 3.71. The van der Waals surface area contributed by atoms with Gasteiger partial charge in [-0.25, -0.2) is 0 Å². The average molecular weight is 286 g/mol. The molecule has 1 heterocycles. The minimum absolute atomic E-state index is 0.268. The molecule has 0 saturated carbocycles. The number of nitrogens with two attached hydrogens (primary N) is 1. The van der Waals surface area contributed by atoms with Crippen LogP contribution >= 0.6 is 0 Å². The van der Waals surface area contributed by atoms with Gasteiger partial charge in [-0.15, -0.1) is 0 Å². The minimum atomic E-state index is -0.430. The molecule has 0 amide bonds. The lowest BCUT2D eigenvalue weighted by atomic mass is 10.1. The van der Waals surface area contributed by atoms with E-state index < -0.39 is 6.10 Å². The van der Waals surface area contributed by atoms with Crippen molar-refractivity contribution in [2.45, 2.75) is 26.0 Å². The molecule has 0 spiro atoms. The summed E-state index contributed by atoms with van der Waals surface area (Å²) in [6.07, 6.45) is -0.430. The van der Waals surface area contributed by atoms with Crippen LogP contribution in [0.2, 0.25) is 0 Å². The van der Waals surface area contributed by atoms with Crippen molar-refractivity contribution in [3.63, 3.8) is 0 Å². The van der Waals surface area contributed by atoms with Gasteiger partial charge in [-0.3, -0.25) is 0 Å². The number of hydrogen-bond acceptors (Lipinski definition) is 5. The van der Waals surface area contributed by atoms with Crippen LogP contribution < -0.4 is 15.2 Å². The molecule has 0 fully saturated rings. The molecule has 0 aliphatic carbocycles. The normalized spacial score (nSPS) is 13.3. The van der Waals surface area contributed by atoms with Crippen LogP contribution in [0.5, 0.6) is 11.5 Å². The molecule has 2 unspecified atom stereocenters. The smallest absolute Gasteiger partial charge is 0.171 e. The number of rotatable bonds is 5. The van der Waals surface area contributed by atoms with Crippen LogP contribution in [0, 0.1) is 18.3 Å². The van der Waals surface area contributed by atoms with E-state index in [1.54, 1.807) is 18.2 Å². The Morgan fingerprint density at radius 2 is 2.00 bits per heavy atom. The van der Waals surface area contributed by atoms with E-state index in [4.69, 9.17) is 24.9 Å². The first-order valence-electron chi connectivity index (χ1n) is 6.62. The molecule has 1 aromatic heterocycles. The highest BCUT2D eigenvalue weighted by atomic mass is 16.5. The summed E-state index contributed by atoms with van der Waals surface area (Å²) in [5.74, 6) is 2.47. The summed E-state index contributed by atoms with van der Waals surface area (Å²) in [5, 5.41) is 8.92. The maximum atomic E-state index is 8.92. The zero-order valence-corrected chi connectivity index (χ0v) is 12.3. The number of benzene rings is 1. The summed E-state index contributed by atoms with van der Waals surface area (Å²) in [6, 6.07) is 10.5. The number of nitriles is 1. The Morgan fingerprint density at radius 1 is 1.24 bits per heavy atom. The third-order valence-corrected chi connectivity index (χ3v) is 3.07. The van der Waals surface area contributed by atoms with Crippen LogP contribution in [0.25, 0.3) is 0 Å². The lowest BCUT2D eigenvalue weighted by molar-refractivity contribution is 0.146. The van der Waals surface area contributed by atoms with Crippen molar-refractivity contribution in [1.29, 1.82) is 5.26 Å². The van der Waals surface area contributed by atoms with Crippen LogP contribution in [0.4, 0.5) is 0 Å². The number of furan rings is 1. The second-order valence-electron chi connectivity index (χ2n) is 4.82. The van der Waals surface area contributed by atoms with E-state index in [9.17, 15) is 0 Å². The molecule has 110 valence electrons. The standard InChI is InChI=1S/C16H18N2O3/c1-10-4-6-14(20-10)16(11(2)18)21-13-7-5-12(9-17)8-15(13)19-3/h4-8,11,16H,18H2,1-3H3. The van der Waals surface area contributed by atoms with E-state index >= 15 is 0 Å². The lowest BCUT2D eigenvalue weighted by Crippen LogP contribution is -2.28. The monoisotopic (exact) mass is 286 g/mol. The molecule has 0 saturated heterocycles. The molecule has 1 aromatic carbocycles. The van der Waals surface area contributed by atoms with Gasteiger partial charge in [-0.05, 0) is 38.1 Å². The Labute approximate surface area is 123 Å². The molecule has 0 aliphatic rings. The molecule has 5 heteroatoms. The third kappa shape index (κ3) is 3.36. The second kappa shape index (κ2) is 6.33.